The van der Waals surface area contributed by atoms with E-state index in [0.29, 0.717) is 17.2 Å². The van der Waals surface area contributed by atoms with Crippen LogP contribution in [0, 0.1) is 0 Å². The van der Waals surface area contributed by atoms with Crippen LogP contribution in [0.3, 0.4) is 0 Å². The summed E-state index contributed by atoms with van der Waals surface area (Å²) in [5.41, 5.74) is 0.928. The average Bonchev–Trinajstić information content (AvgIpc) is 3.40. The fourth-order valence-electron chi connectivity index (χ4n) is 4.66. The molecule has 1 aliphatic rings. The van der Waals surface area contributed by atoms with E-state index in [1.54, 1.807) is 36.4 Å². The van der Waals surface area contributed by atoms with Crippen LogP contribution < -0.4 is 19.1 Å². The Morgan fingerprint density at radius 2 is 1.74 bits per heavy atom. The molecule has 38 heavy (non-hydrogen) atoms. The summed E-state index contributed by atoms with van der Waals surface area (Å²) >= 11 is 6.05. The molecule has 9 nitrogen and oxygen atoms in total. The van der Waals surface area contributed by atoms with Crippen molar-refractivity contribution in [2.45, 2.75) is 57.7 Å². The number of halogens is 1. The van der Waals surface area contributed by atoms with E-state index < -0.39 is 28.5 Å². The van der Waals surface area contributed by atoms with Crippen molar-refractivity contribution in [3.8, 4) is 11.5 Å². The number of amides is 2. The third kappa shape index (κ3) is 7.54. The lowest BCUT2D eigenvalue weighted by molar-refractivity contribution is -0.140. The minimum atomic E-state index is -3.92. The Kier molecular flexibility index (Phi) is 10.3. The maximum Gasteiger partial charge on any atom is 0.244 e. The van der Waals surface area contributed by atoms with Gasteiger partial charge in [-0.1, -0.05) is 43.5 Å². The molecule has 0 aromatic heterocycles. The van der Waals surface area contributed by atoms with Gasteiger partial charge in [0, 0.05) is 23.7 Å². The molecule has 2 amide bonds. The van der Waals surface area contributed by atoms with Crippen LogP contribution in [0.4, 0.5) is 5.69 Å². The number of nitrogens with zero attached hydrogens (tertiary/aromatic N) is 2. The summed E-state index contributed by atoms with van der Waals surface area (Å²) in [7, 11) is -1.04. The fraction of sp³-hybridized carbons (Fsp3) is 0.481. The number of ether oxygens (including phenoxy) is 2. The molecule has 1 aliphatic carbocycles. The van der Waals surface area contributed by atoms with Crippen LogP contribution in [0.1, 0.15) is 44.6 Å². The van der Waals surface area contributed by atoms with Crippen LogP contribution in [0.15, 0.2) is 42.5 Å². The molecule has 1 fully saturated rings. The van der Waals surface area contributed by atoms with Crippen LogP contribution in [0.25, 0.3) is 0 Å². The Labute approximate surface area is 230 Å². The summed E-state index contributed by atoms with van der Waals surface area (Å²) in [5, 5.41) is 3.63. The lowest BCUT2D eigenvalue weighted by Gasteiger charge is -2.33. The van der Waals surface area contributed by atoms with Crippen LogP contribution in [-0.2, 0) is 26.2 Å². The SMILES string of the molecule is CCC(C(=O)NC1CCCC1)N(Cc1ccc(Cl)cc1)C(=O)CN(c1cc(OC)ccc1OC)S(C)(=O)=O. The minimum Gasteiger partial charge on any atom is -0.497 e. The van der Waals surface area contributed by atoms with Gasteiger partial charge in [-0.15, -0.1) is 0 Å². The van der Waals surface area contributed by atoms with Crippen molar-refractivity contribution in [3.05, 3.63) is 53.1 Å². The van der Waals surface area contributed by atoms with E-state index in [0.717, 1.165) is 41.8 Å². The Balaban J connectivity index is 1.97. The molecule has 2 aromatic rings. The molecule has 0 saturated heterocycles. The first-order chi connectivity index (χ1) is 18.1. The van der Waals surface area contributed by atoms with E-state index in [1.807, 2.05) is 6.92 Å². The maximum absolute atomic E-state index is 13.9. The number of hydrogen-bond donors (Lipinski definition) is 1. The van der Waals surface area contributed by atoms with Crippen molar-refractivity contribution in [1.82, 2.24) is 10.2 Å². The molecule has 0 spiro atoms. The molecule has 1 saturated carbocycles. The summed E-state index contributed by atoms with van der Waals surface area (Å²) in [6.07, 6.45) is 5.31. The predicted molar refractivity (Wildman–Crippen MR) is 148 cm³/mol. The standard InChI is InChI=1S/C27H36ClN3O6S/c1-5-23(27(33)29-21-8-6-7-9-21)30(17-19-10-12-20(28)13-11-19)26(32)18-31(38(4,34)35)24-16-22(36-2)14-15-25(24)37-3/h10-16,21,23H,5-9,17-18H2,1-4H3,(H,29,33). The first-order valence-electron chi connectivity index (χ1n) is 12.6. The Hall–Kier alpha value is -2.98. The van der Waals surface area contributed by atoms with Crippen molar-refractivity contribution in [1.29, 1.82) is 0 Å². The molecule has 1 unspecified atom stereocenters. The van der Waals surface area contributed by atoms with E-state index in [4.69, 9.17) is 21.1 Å². The number of rotatable bonds is 12. The van der Waals surface area contributed by atoms with Gasteiger partial charge < -0.3 is 19.7 Å². The van der Waals surface area contributed by atoms with Crippen LogP contribution >= 0.6 is 11.6 Å². The van der Waals surface area contributed by atoms with Gasteiger partial charge in [0.1, 0.15) is 24.1 Å². The highest BCUT2D eigenvalue weighted by Crippen LogP contribution is 2.34. The highest BCUT2D eigenvalue weighted by molar-refractivity contribution is 7.92. The molecule has 11 heteroatoms. The lowest BCUT2D eigenvalue weighted by Crippen LogP contribution is -2.53. The predicted octanol–water partition coefficient (Wildman–Crippen LogP) is 3.99. The number of methoxy groups -OCH3 is 2. The number of sulfonamides is 1. The summed E-state index contributed by atoms with van der Waals surface area (Å²) < 4.78 is 37.5. The second kappa shape index (κ2) is 13.2. The van der Waals surface area contributed by atoms with Crippen molar-refractivity contribution in [2.24, 2.45) is 0 Å². The normalized spacial score (nSPS) is 14.6. The van der Waals surface area contributed by atoms with Gasteiger partial charge in [0.25, 0.3) is 0 Å². The fourth-order valence-corrected chi connectivity index (χ4v) is 5.63. The number of anilines is 1. The molecule has 0 radical (unpaired) electrons. The molecule has 1 atom stereocenters. The number of carbonyl (C=O) groups excluding carboxylic acids is 2. The van der Waals surface area contributed by atoms with Gasteiger partial charge in [-0.25, -0.2) is 8.42 Å². The number of carbonyl (C=O) groups is 2. The molecular formula is C27H36ClN3O6S. The summed E-state index contributed by atoms with van der Waals surface area (Å²) in [6, 6.07) is 11.0. The molecule has 208 valence electrons. The average molecular weight is 566 g/mol. The smallest absolute Gasteiger partial charge is 0.244 e. The molecule has 0 bridgehead atoms. The molecule has 0 aliphatic heterocycles. The topological polar surface area (TPSA) is 105 Å². The van der Waals surface area contributed by atoms with Gasteiger partial charge in [-0.3, -0.25) is 13.9 Å². The van der Waals surface area contributed by atoms with Crippen molar-refractivity contribution < 1.29 is 27.5 Å². The Morgan fingerprint density at radius 3 is 2.29 bits per heavy atom. The van der Waals surface area contributed by atoms with Gasteiger partial charge in [0.05, 0.1) is 26.2 Å². The third-order valence-corrected chi connectivity index (χ3v) is 8.07. The molecule has 3 rings (SSSR count). The zero-order chi connectivity index (χ0) is 27.9. The van der Waals surface area contributed by atoms with Crippen LogP contribution in [0.5, 0.6) is 11.5 Å². The summed E-state index contributed by atoms with van der Waals surface area (Å²) in [4.78, 5) is 28.7. The maximum atomic E-state index is 13.9. The monoisotopic (exact) mass is 565 g/mol. The number of benzene rings is 2. The van der Waals surface area contributed by atoms with Gasteiger partial charge in [-0.05, 0) is 49.1 Å². The van der Waals surface area contributed by atoms with Gasteiger partial charge >= 0.3 is 0 Å². The van der Waals surface area contributed by atoms with Crippen molar-refractivity contribution >= 4 is 39.1 Å². The zero-order valence-electron chi connectivity index (χ0n) is 22.3. The first kappa shape index (κ1) is 29.6. The molecule has 2 aromatic carbocycles. The van der Waals surface area contributed by atoms with Gasteiger partial charge in [0.15, 0.2) is 0 Å². The summed E-state index contributed by atoms with van der Waals surface area (Å²) in [6.45, 7) is 1.42. The van der Waals surface area contributed by atoms with Gasteiger partial charge in [0.2, 0.25) is 21.8 Å². The number of hydrogen-bond acceptors (Lipinski definition) is 6. The van der Waals surface area contributed by atoms with Crippen molar-refractivity contribution in [2.75, 3.05) is 31.3 Å². The van der Waals surface area contributed by atoms with E-state index >= 15 is 0 Å². The second-order valence-corrected chi connectivity index (χ2v) is 11.7. The Morgan fingerprint density at radius 1 is 1.08 bits per heavy atom. The molecular weight excluding hydrogens is 530 g/mol. The highest BCUT2D eigenvalue weighted by atomic mass is 35.5. The summed E-state index contributed by atoms with van der Waals surface area (Å²) in [5.74, 6) is -0.100. The highest BCUT2D eigenvalue weighted by Gasteiger charge is 2.33. The lowest BCUT2D eigenvalue weighted by atomic mass is 10.1. The van der Waals surface area contributed by atoms with E-state index in [2.05, 4.69) is 5.32 Å². The molecule has 1 N–H and O–H groups in total. The van der Waals surface area contributed by atoms with E-state index in [-0.39, 0.29) is 29.9 Å². The largest absolute Gasteiger partial charge is 0.497 e. The van der Waals surface area contributed by atoms with Crippen LogP contribution in [-0.4, -0.2) is 64.2 Å². The van der Waals surface area contributed by atoms with Crippen molar-refractivity contribution in [3.63, 3.8) is 0 Å². The van der Waals surface area contributed by atoms with Gasteiger partial charge in [-0.2, -0.15) is 0 Å². The zero-order valence-corrected chi connectivity index (χ0v) is 23.8. The minimum absolute atomic E-state index is 0.0811. The van der Waals surface area contributed by atoms with Crippen LogP contribution in [0.2, 0.25) is 5.02 Å². The second-order valence-electron chi connectivity index (χ2n) is 9.37. The van der Waals surface area contributed by atoms with E-state index in [1.165, 1.54) is 25.2 Å². The third-order valence-electron chi connectivity index (χ3n) is 6.69. The van der Waals surface area contributed by atoms with E-state index in [9.17, 15) is 18.0 Å². The Bertz CT molecular complexity index is 1220. The first-order valence-corrected chi connectivity index (χ1v) is 14.8. The number of nitrogens with one attached hydrogen (secondary N) is 1. The quantitative estimate of drug-likeness (QED) is 0.417. The molecule has 0 heterocycles.